The number of hydrogen-bond acceptors (Lipinski definition) is 2. The maximum absolute atomic E-state index is 5.70. The second-order valence-corrected chi connectivity index (χ2v) is 5.62. The van der Waals surface area contributed by atoms with Gasteiger partial charge in [0.05, 0.1) is 5.25 Å². The summed E-state index contributed by atoms with van der Waals surface area (Å²) in [7, 11) is 0. The fourth-order valence-electron chi connectivity index (χ4n) is 2.48. The molecule has 0 spiro atoms. The van der Waals surface area contributed by atoms with Gasteiger partial charge in [-0.3, -0.25) is 0 Å². The van der Waals surface area contributed by atoms with Crippen molar-refractivity contribution in [3.8, 4) is 11.1 Å². The van der Waals surface area contributed by atoms with Crippen LogP contribution in [-0.2, 0) is 0 Å². The zero-order chi connectivity index (χ0) is 12.5. The van der Waals surface area contributed by atoms with Crippen molar-refractivity contribution >= 4 is 11.8 Å². The van der Waals surface area contributed by atoms with Gasteiger partial charge in [-0.05, 0) is 22.3 Å². The maximum atomic E-state index is 5.70. The van der Waals surface area contributed by atoms with Crippen LogP contribution < -0.4 is 5.73 Å². The van der Waals surface area contributed by atoms with Crippen LogP contribution in [0.25, 0.3) is 11.1 Å². The molecule has 0 saturated heterocycles. The van der Waals surface area contributed by atoms with Crippen LogP contribution in [0.2, 0.25) is 0 Å². The first kappa shape index (κ1) is 11.4. The molecule has 3 rings (SSSR count). The Morgan fingerprint density at radius 1 is 1.00 bits per heavy atom. The van der Waals surface area contributed by atoms with E-state index in [1.54, 1.807) is 0 Å². The molecular formula is C16H15NS. The van der Waals surface area contributed by atoms with Crippen molar-refractivity contribution in [1.29, 1.82) is 0 Å². The predicted molar refractivity (Wildman–Crippen MR) is 79.5 cm³/mol. The third-order valence-corrected chi connectivity index (χ3v) is 4.59. The minimum atomic E-state index is 0.387. The van der Waals surface area contributed by atoms with E-state index < -0.39 is 0 Å². The van der Waals surface area contributed by atoms with Gasteiger partial charge >= 0.3 is 0 Å². The lowest BCUT2D eigenvalue weighted by atomic mass is 10.1. The molecule has 2 heteroatoms. The first-order valence-electron chi connectivity index (χ1n) is 6.00. The minimum absolute atomic E-state index is 0.387. The fourth-order valence-corrected chi connectivity index (χ4v) is 3.63. The predicted octanol–water partition coefficient (Wildman–Crippen LogP) is 3.96. The minimum Gasteiger partial charge on any atom is -0.402 e. The van der Waals surface area contributed by atoms with Gasteiger partial charge in [0, 0.05) is 11.4 Å². The van der Waals surface area contributed by atoms with Crippen molar-refractivity contribution in [2.45, 2.75) is 5.25 Å². The molecule has 0 fully saturated rings. The normalized spacial score (nSPS) is 13.1. The molecule has 2 N–H and O–H groups in total. The highest BCUT2D eigenvalue weighted by Crippen LogP contribution is 2.49. The van der Waals surface area contributed by atoms with Gasteiger partial charge in [-0.15, -0.1) is 11.8 Å². The first-order valence-corrected chi connectivity index (χ1v) is 7.05. The van der Waals surface area contributed by atoms with Crippen LogP contribution in [-0.4, -0.2) is 5.75 Å². The molecule has 0 aliphatic heterocycles. The Morgan fingerprint density at radius 2 is 1.50 bits per heavy atom. The number of nitrogens with two attached hydrogens (primary N) is 1. The highest BCUT2D eigenvalue weighted by Gasteiger charge is 2.27. The molecule has 2 aromatic carbocycles. The van der Waals surface area contributed by atoms with Gasteiger partial charge in [0.2, 0.25) is 0 Å². The van der Waals surface area contributed by atoms with Crippen molar-refractivity contribution in [2.24, 2.45) is 5.73 Å². The van der Waals surface area contributed by atoms with E-state index in [0.717, 1.165) is 11.4 Å². The highest BCUT2D eigenvalue weighted by molar-refractivity contribution is 7.99. The third kappa shape index (κ3) is 1.83. The van der Waals surface area contributed by atoms with Crippen molar-refractivity contribution in [2.75, 3.05) is 5.75 Å². The quantitative estimate of drug-likeness (QED) is 0.896. The highest BCUT2D eigenvalue weighted by atomic mass is 32.2. The lowest BCUT2D eigenvalue weighted by Crippen LogP contribution is -2.00. The summed E-state index contributed by atoms with van der Waals surface area (Å²) in [5.74, 6) is 0.799. The molecule has 1 aliphatic rings. The largest absolute Gasteiger partial charge is 0.402 e. The van der Waals surface area contributed by atoms with E-state index in [1.807, 2.05) is 11.8 Å². The summed E-state index contributed by atoms with van der Waals surface area (Å²) in [5.41, 5.74) is 11.9. The molecule has 1 aliphatic carbocycles. The number of fused-ring (bicyclic) bond motifs is 3. The van der Waals surface area contributed by atoms with Crippen LogP contribution >= 0.6 is 11.8 Å². The summed E-state index contributed by atoms with van der Waals surface area (Å²) in [6, 6.07) is 17.2. The van der Waals surface area contributed by atoms with E-state index in [1.165, 1.54) is 22.3 Å². The second-order valence-electron chi connectivity index (χ2n) is 4.52. The Hall–Kier alpha value is -1.67. The van der Waals surface area contributed by atoms with Gasteiger partial charge in [-0.1, -0.05) is 55.1 Å². The summed E-state index contributed by atoms with van der Waals surface area (Å²) >= 11 is 1.85. The Morgan fingerprint density at radius 3 is 2.00 bits per heavy atom. The van der Waals surface area contributed by atoms with Crippen LogP contribution in [0.4, 0.5) is 0 Å². The van der Waals surface area contributed by atoms with Gasteiger partial charge in [-0.25, -0.2) is 0 Å². The molecule has 0 bridgehead atoms. The fraction of sp³-hybridized carbons (Fsp3) is 0.125. The van der Waals surface area contributed by atoms with E-state index in [9.17, 15) is 0 Å². The van der Waals surface area contributed by atoms with Crippen molar-refractivity contribution in [3.05, 3.63) is 71.9 Å². The van der Waals surface area contributed by atoms with Gasteiger partial charge in [0.15, 0.2) is 0 Å². The first-order chi connectivity index (χ1) is 8.77. The standard InChI is InChI=1S/C16H15NS/c1-11(17)10-18-16-14-8-4-2-6-12(14)13-7-3-5-9-15(13)16/h2-9,16H,1,10,17H2. The molecule has 0 radical (unpaired) electrons. The molecule has 0 saturated carbocycles. The average Bonchev–Trinajstić information content (AvgIpc) is 2.71. The van der Waals surface area contributed by atoms with Crippen molar-refractivity contribution in [1.82, 2.24) is 0 Å². The number of thioether (sulfide) groups is 1. The van der Waals surface area contributed by atoms with Gasteiger partial charge in [0.25, 0.3) is 0 Å². The molecule has 90 valence electrons. The molecular weight excluding hydrogens is 238 g/mol. The van der Waals surface area contributed by atoms with Gasteiger partial charge in [-0.2, -0.15) is 0 Å². The SMILES string of the molecule is C=C(N)CSC1c2ccccc2-c2ccccc21. The third-order valence-electron chi connectivity index (χ3n) is 3.21. The lowest BCUT2D eigenvalue weighted by Gasteiger charge is -2.12. The lowest BCUT2D eigenvalue weighted by molar-refractivity contribution is 1.21. The zero-order valence-corrected chi connectivity index (χ0v) is 10.9. The van der Waals surface area contributed by atoms with Crippen molar-refractivity contribution in [3.63, 3.8) is 0 Å². The number of hydrogen-bond donors (Lipinski definition) is 1. The van der Waals surface area contributed by atoms with Crippen LogP contribution in [0.1, 0.15) is 16.4 Å². The molecule has 0 aromatic heterocycles. The Labute approximate surface area is 112 Å². The van der Waals surface area contributed by atoms with Crippen molar-refractivity contribution < 1.29 is 0 Å². The monoisotopic (exact) mass is 253 g/mol. The van der Waals surface area contributed by atoms with Crippen LogP contribution in [0.3, 0.4) is 0 Å². The molecule has 18 heavy (non-hydrogen) atoms. The maximum Gasteiger partial charge on any atom is 0.0562 e. The van der Waals surface area contributed by atoms with E-state index in [4.69, 9.17) is 5.73 Å². The summed E-state index contributed by atoms with van der Waals surface area (Å²) in [4.78, 5) is 0. The summed E-state index contributed by atoms with van der Waals surface area (Å²) in [6.45, 7) is 3.78. The van der Waals surface area contributed by atoms with E-state index in [0.29, 0.717) is 5.25 Å². The number of benzene rings is 2. The van der Waals surface area contributed by atoms with Crippen LogP contribution in [0.5, 0.6) is 0 Å². The second kappa shape index (κ2) is 4.54. The van der Waals surface area contributed by atoms with E-state index in [2.05, 4.69) is 55.1 Å². The van der Waals surface area contributed by atoms with Gasteiger partial charge < -0.3 is 5.73 Å². The van der Waals surface area contributed by atoms with Gasteiger partial charge in [0.1, 0.15) is 0 Å². The molecule has 2 aromatic rings. The van der Waals surface area contributed by atoms with E-state index in [-0.39, 0.29) is 0 Å². The molecule has 0 amide bonds. The van der Waals surface area contributed by atoms with E-state index >= 15 is 0 Å². The average molecular weight is 253 g/mol. The summed E-state index contributed by atoms with van der Waals surface area (Å²) in [5, 5.41) is 0.387. The number of rotatable bonds is 3. The Kier molecular flexibility index (Phi) is 2.88. The summed E-state index contributed by atoms with van der Waals surface area (Å²) in [6.07, 6.45) is 0. The summed E-state index contributed by atoms with van der Waals surface area (Å²) < 4.78 is 0. The topological polar surface area (TPSA) is 26.0 Å². The van der Waals surface area contributed by atoms with Crippen LogP contribution in [0, 0.1) is 0 Å². The Bertz CT molecular complexity index is 558. The zero-order valence-electron chi connectivity index (χ0n) is 10.1. The molecule has 0 heterocycles. The van der Waals surface area contributed by atoms with Crippen LogP contribution in [0.15, 0.2) is 60.8 Å². The Balaban J connectivity index is 2.06. The molecule has 0 atom stereocenters. The molecule has 1 nitrogen and oxygen atoms in total. The molecule has 0 unspecified atom stereocenters. The smallest absolute Gasteiger partial charge is 0.0562 e.